The summed E-state index contributed by atoms with van der Waals surface area (Å²) in [4.78, 5) is 17.8. The Labute approximate surface area is 353 Å². The van der Waals surface area contributed by atoms with Gasteiger partial charge in [0, 0.05) is 38.1 Å². The second-order valence-corrected chi connectivity index (χ2v) is 16.8. The largest absolute Gasteiger partial charge is 0.256 e. The topological polar surface area (TPSA) is 38.7 Å². The van der Waals surface area contributed by atoms with Crippen molar-refractivity contribution in [3.8, 4) is 56.2 Å². The van der Waals surface area contributed by atoms with Crippen LogP contribution >= 0.6 is 11.8 Å². The number of benzene rings is 7. The van der Waals surface area contributed by atoms with Crippen molar-refractivity contribution in [2.24, 2.45) is 0 Å². The molecule has 0 radical (unpaired) electrons. The number of hydrogen-bond acceptors (Lipinski definition) is 4. The molecule has 0 bridgehead atoms. The maximum absolute atomic E-state index is 5.39. The van der Waals surface area contributed by atoms with Crippen LogP contribution in [0, 0.1) is 0 Å². The van der Waals surface area contributed by atoms with Gasteiger partial charge in [0.05, 0.1) is 22.3 Å². The van der Waals surface area contributed by atoms with Gasteiger partial charge in [-0.15, -0.1) is 0 Å². The number of rotatable bonds is 5. The molecule has 0 unspecified atom stereocenters. The normalized spacial score (nSPS) is 14.6. The Morgan fingerprint density at radius 3 is 1.85 bits per heavy atom. The highest BCUT2D eigenvalue weighted by molar-refractivity contribution is 8.03. The number of fused-ring (bicyclic) bond motifs is 10. The highest BCUT2D eigenvalue weighted by Gasteiger charge is 2.53. The van der Waals surface area contributed by atoms with Crippen molar-refractivity contribution < 1.29 is 0 Å². The van der Waals surface area contributed by atoms with Crippen molar-refractivity contribution in [3.63, 3.8) is 0 Å². The van der Waals surface area contributed by atoms with Gasteiger partial charge >= 0.3 is 0 Å². The molecule has 0 fully saturated rings. The molecule has 0 atom stereocenters. The van der Waals surface area contributed by atoms with E-state index in [0.29, 0.717) is 0 Å². The fraction of sp³-hybridized carbons (Fsp3) is 0.0536. The lowest BCUT2D eigenvalue weighted by Crippen LogP contribution is -2.34. The van der Waals surface area contributed by atoms with Gasteiger partial charge in [0.2, 0.25) is 0 Å². The number of pyridine rings is 1. The van der Waals surface area contributed by atoms with Gasteiger partial charge in [-0.05, 0) is 86.7 Å². The summed E-state index contributed by atoms with van der Waals surface area (Å²) >= 11 is 1.92. The third-order valence-electron chi connectivity index (χ3n) is 12.5. The van der Waals surface area contributed by atoms with Crippen molar-refractivity contribution in [3.05, 3.63) is 233 Å². The van der Waals surface area contributed by atoms with Crippen LogP contribution in [-0.2, 0) is 5.41 Å². The van der Waals surface area contributed by atoms with Crippen molar-refractivity contribution in [1.29, 1.82) is 0 Å². The molecule has 3 heterocycles. The molecule has 0 amide bonds. The Morgan fingerprint density at radius 2 is 1.08 bits per heavy atom. The molecule has 0 saturated carbocycles. The molecule has 60 heavy (non-hydrogen) atoms. The number of nitrogens with zero attached hydrogens (tertiary/aromatic N) is 3. The first-order valence-corrected chi connectivity index (χ1v) is 21.5. The number of allylic oxidation sites excluding steroid dienone is 3. The van der Waals surface area contributed by atoms with Crippen LogP contribution in [0.4, 0.5) is 0 Å². The number of aromatic nitrogens is 3. The third-order valence-corrected chi connectivity index (χ3v) is 13.9. The van der Waals surface area contributed by atoms with E-state index in [1.165, 1.54) is 70.8 Å². The zero-order valence-electron chi connectivity index (χ0n) is 32.7. The Bertz CT molecular complexity index is 3110. The molecule has 9 aromatic rings. The van der Waals surface area contributed by atoms with Gasteiger partial charge in [-0.25, -0.2) is 9.97 Å². The van der Waals surface area contributed by atoms with Crippen molar-refractivity contribution in [2.75, 3.05) is 0 Å². The first kappa shape index (κ1) is 34.9. The molecule has 0 N–H and O–H groups in total. The molecule has 3 nitrogen and oxygen atoms in total. The van der Waals surface area contributed by atoms with Crippen LogP contribution in [0.25, 0.3) is 72.6 Å². The van der Waals surface area contributed by atoms with Gasteiger partial charge < -0.3 is 0 Å². The third kappa shape index (κ3) is 5.34. The van der Waals surface area contributed by atoms with Crippen LogP contribution in [-0.4, -0.2) is 15.0 Å². The summed E-state index contributed by atoms with van der Waals surface area (Å²) in [7, 11) is 0. The van der Waals surface area contributed by atoms with E-state index >= 15 is 0 Å². The first-order chi connectivity index (χ1) is 29.8. The molecule has 1 spiro atoms. The van der Waals surface area contributed by atoms with Gasteiger partial charge in [0.15, 0.2) is 5.82 Å². The van der Waals surface area contributed by atoms with E-state index in [1.807, 2.05) is 24.0 Å². The van der Waals surface area contributed by atoms with Crippen LogP contribution in [0.15, 0.2) is 216 Å². The zero-order valence-corrected chi connectivity index (χ0v) is 33.5. The molecule has 3 aliphatic rings. The van der Waals surface area contributed by atoms with Crippen LogP contribution < -0.4 is 0 Å². The van der Waals surface area contributed by atoms with E-state index < -0.39 is 5.41 Å². The molecule has 282 valence electrons. The van der Waals surface area contributed by atoms with Crippen LogP contribution in [0.3, 0.4) is 0 Å². The fourth-order valence-electron chi connectivity index (χ4n) is 9.91. The van der Waals surface area contributed by atoms with E-state index in [-0.39, 0.29) is 0 Å². The number of para-hydroxylation sites is 1. The fourth-order valence-corrected chi connectivity index (χ4v) is 11.4. The van der Waals surface area contributed by atoms with E-state index in [9.17, 15) is 0 Å². The van der Waals surface area contributed by atoms with Gasteiger partial charge in [-0.1, -0.05) is 188 Å². The summed E-state index contributed by atoms with van der Waals surface area (Å²) in [6.45, 7) is 0. The summed E-state index contributed by atoms with van der Waals surface area (Å²) in [6, 6.07) is 67.9. The van der Waals surface area contributed by atoms with E-state index in [2.05, 4.69) is 193 Å². The van der Waals surface area contributed by atoms with Gasteiger partial charge in [-0.3, -0.25) is 4.98 Å². The number of hydrogen-bond donors (Lipinski definition) is 0. The highest BCUT2D eigenvalue weighted by Crippen LogP contribution is 2.66. The van der Waals surface area contributed by atoms with Crippen LogP contribution in [0.5, 0.6) is 0 Å². The minimum Gasteiger partial charge on any atom is -0.256 e. The molecule has 4 heteroatoms. The first-order valence-electron chi connectivity index (χ1n) is 20.7. The number of thioether (sulfide) groups is 1. The SMILES string of the molecule is C1=C2C(=C(c3ccc(-c4ccnc5ccccc45)cc3)CC1)Sc1c(-c3cc(-c4ccccc4)nc(-c4ccccc4)n3)cccc1C21c2ccccc2-c2ccccc21. The molecule has 1 aliphatic heterocycles. The molecule has 2 aromatic heterocycles. The summed E-state index contributed by atoms with van der Waals surface area (Å²) in [5, 5.41) is 1.17. The van der Waals surface area contributed by atoms with Gasteiger partial charge in [0.25, 0.3) is 0 Å². The minimum absolute atomic E-state index is 0.502. The monoisotopic (exact) mass is 783 g/mol. The predicted octanol–water partition coefficient (Wildman–Crippen LogP) is 14.2. The average molecular weight is 784 g/mol. The Balaban J connectivity index is 1.11. The summed E-state index contributed by atoms with van der Waals surface area (Å²) in [5.41, 5.74) is 18.5. The van der Waals surface area contributed by atoms with Gasteiger partial charge in [0.1, 0.15) is 0 Å². The van der Waals surface area contributed by atoms with Crippen molar-refractivity contribution in [1.82, 2.24) is 15.0 Å². The average Bonchev–Trinajstić information content (AvgIpc) is 3.62. The van der Waals surface area contributed by atoms with Crippen molar-refractivity contribution >= 4 is 28.2 Å². The lowest BCUT2D eigenvalue weighted by atomic mass is 9.64. The Kier molecular flexibility index (Phi) is 8.14. The standard InChI is InChI=1S/C56H37N3S/c1-3-15-38(16-4-1)51-35-52(59-55(58-51)39-17-5-2-6-18-39)45-23-14-27-49-54(45)60-53-41(37-31-29-36(30-32-37)40-33-34-57-50-28-12-9-21-44(40)50)22-13-26-48(53)56(49)46-24-10-7-19-42(46)43-20-8-11-25-47(43)56/h1-12,14-21,23-35H,13,22H2. The highest BCUT2D eigenvalue weighted by atomic mass is 32.2. The molecule has 0 saturated heterocycles. The molecule has 2 aliphatic carbocycles. The second kappa shape index (κ2) is 14.0. The second-order valence-electron chi connectivity index (χ2n) is 15.7. The molecular formula is C56H37N3S. The zero-order chi connectivity index (χ0) is 39.6. The van der Waals surface area contributed by atoms with Crippen LogP contribution in [0.2, 0.25) is 0 Å². The van der Waals surface area contributed by atoms with Crippen molar-refractivity contribution in [2.45, 2.75) is 23.2 Å². The molecule has 7 aromatic carbocycles. The summed E-state index contributed by atoms with van der Waals surface area (Å²) in [5.74, 6) is 0.719. The Hall–Kier alpha value is -7.14. The lowest BCUT2D eigenvalue weighted by molar-refractivity contribution is 0.726. The van der Waals surface area contributed by atoms with E-state index in [1.54, 1.807) is 0 Å². The van der Waals surface area contributed by atoms with Gasteiger partial charge in [-0.2, -0.15) is 0 Å². The van der Waals surface area contributed by atoms with E-state index in [4.69, 9.17) is 9.97 Å². The smallest absolute Gasteiger partial charge is 0.160 e. The lowest BCUT2D eigenvalue weighted by Gasteiger charge is -2.44. The van der Waals surface area contributed by atoms with Crippen LogP contribution in [0.1, 0.15) is 35.1 Å². The molecular weight excluding hydrogens is 747 g/mol. The Morgan fingerprint density at radius 1 is 0.467 bits per heavy atom. The maximum atomic E-state index is 5.39. The predicted molar refractivity (Wildman–Crippen MR) is 247 cm³/mol. The van der Waals surface area contributed by atoms with E-state index in [0.717, 1.165) is 52.3 Å². The summed E-state index contributed by atoms with van der Waals surface area (Å²) in [6.07, 6.45) is 6.40. The maximum Gasteiger partial charge on any atom is 0.160 e. The summed E-state index contributed by atoms with van der Waals surface area (Å²) < 4.78 is 0. The molecule has 12 rings (SSSR count). The quantitative estimate of drug-likeness (QED) is 0.174. The minimum atomic E-state index is -0.502.